The highest BCUT2D eigenvalue weighted by Crippen LogP contribution is 2.26. The summed E-state index contributed by atoms with van der Waals surface area (Å²) in [6, 6.07) is 19.5. The number of nitrogens with two attached hydrogens (primary N) is 2. The Kier molecular flexibility index (Phi) is 3.78. The predicted molar refractivity (Wildman–Crippen MR) is 102 cm³/mol. The molecule has 0 unspecified atom stereocenters. The number of H-pyrrole nitrogens is 1. The second kappa shape index (κ2) is 6.25. The Bertz CT molecular complexity index is 1050. The molecule has 4 aromatic rings. The number of hydrogen-bond donors (Lipinski definition) is 3. The Hall–Kier alpha value is -3.80. The highest BCUT2D eigenvalue weighted by Gasteiger charge is 2.11. The molecular formula is C20H16N4O2. The molecule has 0 saturated heterocycles. The number of nitrogens with one attached hydrogen (secondary N) is 1. The van der Waals surface area contributed by atoms with E-state index in [1.807, 2.05) is 30.3 Å². The van der Waals surface area contributed by atoms with Gasteiger partial charge in [0.25, 0.3) is 0 Å². The Morgan fingerprint density at radius 3 is 2.35 bits per heavy atom. The lowest BCUT2D eigenvalue weighted by Crippen LogP contribution is -2.08. The van der Waals surface area contributed by atoms with Crippen LogP contribution in [0.2, 0.25) is 0 Å². The van der Waals surface area contributed by atoms with Crippen LogP contribution in [0.5, 0.6) is 5.75 Å². The third-order valence-electron chi connectivity index (χ3n) is 4.03. The molecule has 6 nitrogen and oxygen atoms in total. The largest absolute Gasteiger partial charge is 0.423 e. The van der Waals surface area contributed by atoms with Crippen LogP contribution in [-0.2, 0) is 0 Å². The van der Waals surface area contributed by atoms with Crippen LogP contribution in [0.15, 0.2) is 66.7 Å². The fraction of sp³-hybridized carbons (Fsp3) is 0. The Balaban J connectivity index is 1.58. The van der Waals surface area contributed by atoms with Gasteiger partial charge in [0.15, 0.2) is 0 Å². The number of esters is 1. The first-order chi connectivity index (χ1) is 12.6. The number of carbonyl (C=O) groups excluding carboxylic acids is 1. The summed E-state index contributed by atoms with van der Waals surface area (Å²) in [5.41, 5.74) is 15.5. The van der Waals surface area contributed by atoms with Gasteiger partial charge in [0.1, 0.15) is 11.6 Å². The molecule has 128 valence electrons. The Morgan fingerprint density at radius 1 is 0.923 bits per heavy atom. The van der Waals surface area contributed by atoms with Crippen molar-refractivity contribution in [3.05, 3.63) is 72.3 Å². The van der Waals surface area contributed by atoms with Crippen molar-refractivity contribution in [3.63, 3.8) is 0 Å². The zero-order chi connectivity index (χ0) is 18.1. The van der Waals surface area contributed by atoms with E-state index in [1.54, 1.807) is 36.4 Å². The smallest absolute Gasteiger partial charge is 0.343 e. The molecule has 0 saturated carbocycles. The van der Waals surface area contributed by atoms with Crippen LogP contribution in [0.3, 0.4) is 0 Å². The van der Waals surface area contributed by atoms with Crippen molar-refractivity contribution in [2.75, 3.05) is 11.5 Å². The van der Waals surface area contributed by atoms with E-state index in [-0.39, 0.29) is 0 Å². The van der Waals surface area contributed by atoms with Crippen molar-refractivity contribution in [1.29, 1.82) is 0 Å². The van der Waals surface area contributed by atoms with Crippen LogP contribution in [0.25, 0.3) is 22.4 Å². The topological polar surface area (TPSA) is 107 Å². The number of imidazole rings is 1. The standard InChI is InChI=1S/C20H16N4O2/c21-15-10-17-18(11-16(15)22)24-19(23-17)12-6-8-13(9-7-12)20(25)26-14-4-2-1-3-5-14/h1-11H,21-22H2,(H,23,24). The lowest BCUT2D eigenvalue weighted by Gasteiger charge is -2.04. The number of rotatable bonds is 3. The molecule has 5 N–H and O–H groups in total. The molecule has 0 radical (unpaired) electrons. The molecule has 1 heterocycles. The summed E-state index contributed by atoms with van der Waals surface area (Å²) in [6.45, 7) is 0. The maximum Gasteiger partial charge on any atom is 0.343 e. The highest BCUT2D eigenvalue weighted by molar-refractivity contribution is 5.92. The van der Waals surface area contributed by atoms with Crippen LogP contribution in [0, 0.1) is 0 Å². The maximum absolute atomic E-state index is 12.2. The zero-order valence-electron chi connectivity index (χ0n) is 13.8. The summed E-state index contributed by atoms with van der Waals surface area (Å²) in [4.78, 5) is 19.9. The van der Waals surface area contributed by atoms with Gasteiger partial charge in [0, 0.05) is 5.56 Å². The zero-order valence-corrected chi connectivity index (χ0v) is 13.8. The lowest BCUT2D eigenvalue weighted by molar-refractivity contribution is 0.0735. The van der Waals surface area contributed by atoms with E-state index in [9.17, 15) is 4.79 Å². The van der Waals surface area contributed by atoms with Gasteiger partial charge in [-0.2, -0.15) is 0 Å². The second-order valence-electron chi connectivity index (χ2n) is 5.86. The molecule has 4 rings (SSSR count). The van der Waals surface area contributed by atoms with Gasteiger partial charge in [-0.15, -0.1) is 0 Å². The molecule has 0 bridgehead atoms. The number of para-hydroxylation sites is 1. The van der Waals surface area contributed by atoms with Crippen LogP contribution < -0.4 is 16.2 Å². The normalized spacial score (nSPS) is 10.8. The molecular weight excluding hydrogens is 328 g/mol. The molecule has 0 aliphatic heterocycles. The molecule has 3 aromatic carbocycles. The fourth-order valence-electron chi connectivity index (χ4n) is 2.65. The quantitative estimate of drug-likeness (QED) is 0.299. The van der Waals surface area contributed by atoms with E-state index in [0.29, 0.717) is 28.5 Å². The number of aromatic nitrogens is 2. The van der Waals surface area contributed by atoms with E-state index in [0.717, 1.165) is 16.6 Å². The average Bonchev–Trinajstić information content (AvgIpc) is 3.06. The second-order valence-corrected chi connectivity index (χ2v) is 5.86. The summed E-state index contributed by atoms with van der Waals surface area (Å²) in [6.07, 6.45) is 0. The van der Waals surface area contributed by atoms with E-state index >= 15 is 0 Å². The first kappa shape index (κ1) is 15.7. The summed E-state index contributed by atoms with van der Waals surface area (Å²) in [7, 11) is 0. The molecule has 6 heteroatoms. The summed E-state index contributed by atoms with van der Waals surface area (Å²) >= 11 is 0. The SMILES string of the molecule is Nc1cc2nc(-c3ccc(C(=O)Oc4ccccc4)cc3)[nH]c2cc1N. The third kappa shape index (κ3) is 2.95. The van der Waals surface area contributed by atoms with Crippen molar-refractivity contribution in [2.24, 2.45) is 0 Å². The minimum atomic E-state index is -0.409. The lowest BCUT2D eigenvalue weighted by atomic mass is 10.1. The monoisotopic (exact) mass is 344 g/mol. The molecule has 0 atom stereocenters. The highest BCUT2D eigenvalue weighted by atomic mass is 16.5. The maximum atomic E-state index is 12.2. The Morgan fingerprint density at radius 2 is 1.62 bits per heavy atom. The summed E-state index contributed by atoms with van der Waals surface area (Å²) in [5.74, 6) is 0.773. The molecule has 0 amide bonds. The van der Waals surface area contributed by atoms with Crippen molar-refractivity contribution < 1.29 is 9.53 Å². The van der Waals surface area contributed by atoms with Gasteiger partial charge >= 0.3 is 5.97 Å². The number of ether oxygens (including phenoxy) is 1. The number of anilines is 2. The van der Waals surface area contributed by atoms with Gasteiger partial charge < -0.3 is 21.2 Å². The predicted octanol–water partition coefficient (Wildman–Crippen LogP) is 3.61. The number of benzene rings is 3. The van der Waals surface area contributed by atoms with Crippen LogP contribution in [0.4, 0.5) is 11.4 Å². The first-order valence-electron chi connectivity index (χ1n) is 8.02. The number of fused-ring (bicyclic) bond motifs is 1. The van der Waals surface area contributed by atoms with E-state index in [1.165, 1.54) is 0 Å². The average molecular weight is 344 g/mol. The Labute approximate surface area is 149 Å². The summed E-state index contributed by atoms with van der Waals surface area (Å²) in [5, 5.41) is 0. The minimum absolute atomic E-state index is 0.409. The fourth-order valence-corrected chi connectivity index (χ4v) is 2.65. The number of nitrogens with zero attached hydrogens (tertiary/aromatic N) is 1. The third-order valence-corrected chi connectivity index (χ3v) is 4.03. The van der Waals surface area contributed by atoms with Crippen molar-refractivity contribution in [3.8, 4) is 17.1 Å². The van der Waals surface area contributed by atoms with Gasteiger partial charge in [-0.05, 0) is 36.4 Å². The molecule has 0 fully saturated rings. The van der Waals surface area contributed by atoms with Gasteiger partial charge in [-0.3, -0.25) is 0 Å². The van der Waals surface area contributed by atoms with Crippen molar-refractivity contribution >= 4 is 28.4 Å². The van der Waals surface area contributed by atoms with Crippen LogP contribution in [0.1, 0.15) is 10.4 Å². The first-order valence-corrected chi connectivity index (χ1v) is 8.02. The molecule has 0 spiro atoms. The van der Waals surface area contributed by atoms with E-state index < -0.39 is 5.97 Å². The van der Waals surface area contributed by atoms with Crippen LogP contribution in [-0.4, -0.2) is 15.9 Å². The van der Waals surface area contributed by atoms with Gasteiger partial charge in [0.05, 0.1) is 28.0 Å². The van der Waals surface area contributed by atoms with E-state index in [2.05, 4.69) is 9.97 Å². The molecule has 26 heavy (non-hydrogen) atoms. The van der Waals surface area contributed by atoms with Crippen molar-refractivity contribution in [2.45, 2.75) is 0 Å². The number of hydrogen-bond acceptors (Lipinski definition) is 5. The molecule has 1 aromatic heterocycles. The van der Waals surface area contributed by atoms with Crippen LogP contribution >= 0.6 is 0 Å². The number of nitrogen functional groups attached to an aromatic ring is 2. The van der Waals surface area contributed by atoms with E-state index in [4.69, 9.17) is 16.2 Å². The minimum Gasteiger partial charge on any atom is -0.423 e. The van der Waals surface area contributed by atoms with Gasteiger partial charge in [-0.25, -0.2) is 9.78 Å². The molecule has 0 aliphatic carbocycles. The van der Waals surface area contributed by atoms with Gasteiger partial charge in [-0.1, -0.05) is 30.3 Å². The molecule has 0 aliphatic rings. The number of aromatic amines is 1. The number of carbonyl (C=O) groups is 1. The van der Waals surface area contributed by atoms with Crippen molar-refractivity contribution in [1.82, 2.24) is 9.97 Å². The summed E-state index contributed by atoms with van der Waals surface area (Å²) < 4.78 is 5.33. The van der Waals surface area contributed by atoms with Gasteiger partial charge in [0.2, 0.25) is 0 Å².